The van der Waals surface area contributed by atoms with Gasteiger partial charge in [-0.05, 0) is 32.6 Å². The molecule has 1 unspecified atom stereocenters. The van der Waals surface area contributed by atoms with Gasteiger partial charge >= 0.3 is 6.18 Å². The average Bonchev–Trinajstić information content (AvgIpc) is 3.03. The van der Waals surface area contributed by atoms with Crippen molar-refractivity contribution in [2.24, 2.45) is 0 Å². The summed E-state index contributed by atoms with van der Waals surface area (Å²) in [6, 6.07) is -0.497. The molecule has 1 aliphatic rings. The summed E-state index contributed by atoms with van der Waals surface area (Å²) >= 11 is 0. The van der Waals surface area contributed by atoms with Crippen LogP contribution in [0.15, 0.2) is 4.52 Å². The zero-order valence-electron chi connectivity index (χ0n) is 14.3. The van der Waals surface area contributed by atoms with Gasteiger partial charge in [-0.25, -0.2) is 9.97 Å². The highest BCUT2D eigenvalue weighted by Gasteiger charge is 2.38. The van der Waals surface area contributed by atoms with Gasteiger partial charge in [-0.3, -0.25) is 0 Å². The van der Waals surface area contributed by atoms with Crippen LogP contribution in [0.2, 0.25) is 0 Å². The molecule has 0 amide bonds. The number of hydrogen-bond acceptors (Lipinski definition) is 6. The van der Waals surface area contributed by atoms with Crippen molar-refractivity contribution in [2.75, 3.05) is 5.32 Å². The lowest BCUT2D eigenvalue weighted by molar-refractivity contribution is -0.142. The Morgan fingerprint density at radius 2 is 1.76 bits per heavy atom. The minimum Gasteiger partial charge on any atom is -0.343 e. The summed E-state index contributed by atoms with van der Waals surface area (Å²) in [6.07, 6.45) is -2.05. The zero-order chi connectivity index (χ0) is 18.2. The van der Waals surface area contributed by atoms with Gasteiger partial charge < -0.3 is 9.84 Å². The molecular weight excluding hydrogens is 335 g/mol. The number of nitrogens with zero attached hydrogens (tertiary/aromatic N) is 4. The number of rotatable bonds is 4. The van der Waals surface area contributed by atoms with E-state index in [1.165, 1.54) is 0 Å². The van der Waals surface area contributed by atoms with Crippen molar-refractivity contribution in [1.82, 2.24) is 20.1 Å². The Hall–Kier alpha value is -2.19. The summed E-state index contributed by atoms with van der Waals surface area (Å²) in [5.74, 6) is 0.871. The Morgan fingerprint density at radius 3 is 2.40 bits per heavy atom. The first-order chi connectivity index (χ1) is 11.8. The second kappa shape index (κ2) is 6.61. The van der Waals surface area contributed by atoms with Gasteiger partial charge in [-0.1, -0.05) is 19.0 Å². The molecule has 0 spiro atoms. The highest BCUT2D eigenvalue weighted by atomic mass is 19.4. The van der Waals surface area contributed by atoms with E-state index in [4.69, 9.17) is 4.52 Å². The maximum absolute atomic E-state index is 13.3. The molecule has 0 saturated carbocycles. The molecule has 0 aromatic carbocycles. The molecule has 25 heavy (non-hydrogen) atoms. The SMILES string of the molecule is CC(C)c1noc(C(C)Nc2nc3c(c(C(F)(F)F)n2)CCCC3)n1. The normalized spacial score (nSPS) is 16.0. The van der Waals surface area contributed by atoms with Gasteiger partial charge in [-0.15, -0.1) is 0 Å². The standard InChI is InChI=1S/C16H20F3N5O/c1-8(2)13-23-14(25-24-13)9(3)20-15-21-11-7-5-4-6-10(11)12(22-15)16(17,18)19/h8-9H,4-7H2,1-3H3,(H,20,21,22). The smallest absolute Gasteiger partial charge is 0.343 e. The van der Waals surface area contributed by atoms with E-state index in [0.29, 0.717) is 30.3 Å². The van der Waals surface area contributed by atoms with Crippen LogP contribution in [0.1, 0.15) is 74.2 Å². The quantitative estimate of drug-likeness (QED) is 0.891. The summed E-state index contributed by atoms with van der Waals surface area (Å²) in [5, 5.41) is 6.71. The Balaban J connectivity index is 1.89. The fourth-order valence-corrected chi connectivity index (χ4v) is 2.81. The lowest BCUT2D eigenvalue weighted by Crippen LogP contribution is -2.21. The number of nitrogens with one attached hydrogen (secondary N) is 1. The molecule has 1 N–H and O–H groups in total. The van der Waals surface area contributed by atoms with Gasteiger partial charge in [-0.2, -0.15) is 18.2 Å². The summed E-state index contributed by atoms with van der Waals surface area (Å²) < 4.78 is 45.2. The van der Waals surface area contributed by atoms with Crippen LogP contribution < -0.4 is 5.32 Å². The Kier molecular flexibility index (Phi) is 4.66. The number of aryl methyl sites for hydroxylation is 1. The van der Waals surface area contributed by atoms with Gasteiger partial charge in [0.2, 0.25) is 11.8 Å². The number of halogens is 3. The average molecular weight is 355 g/mol. The largest absolute Gasteiger partial charge is 0.433 e. The van der Waals surface area contributed by atoms with Crippen LogP contribution in [-0.4, -0.2) is 20.1 Å². The Morgan fingerprint density at radius 1 is 1.04 bits per heavy atom. The van der Waals surface area contributed by atoms with E-state index in [2.05, 4.69) is 25.4 Å². The molecule has 9 heteroatoms. The fourth-order valence-electron chi connectivity index (χ4n) is 2.81. The second-order valence-corrected chi connectivity index (χ2v) is 6.54. The van der Waals surface area contributed by atoms with Crippen LogP contribution in [0.4, 0.5) is 19.1 Å². The molecule has 3 rings (SSSR count). The first-order valence-corrected chi connectivity index (χ1v) is 8.32. The molecule has 0 saturated heterocycles. The van der Waals surface area contributed by atoms with Crippen LogP contribution >= 0.6 is 0 Å². The third kappa shape index (κ3) is 3.74. The molecule has 0 fully saturated rings. The van der Waals surface area contributed by atoms with Crippen molar-refractivity contribution in [3.8, 4) is 0 Å². The summed E-state index contributed by atoms with van der Waals surface area (Å²) in [6.45, 7) is 5.57. The first kappa shape index (κ1) is 17.6. The molecule has 136 valence electrons. The zero-order valence-corrected chi connectivity index (χ0v) is 14.3. The molecule has 6 nitrogen and oxygen atoms in total. The second-order valence-electron chi connectivity index (χ2n) is 6.54. The summed E-state index contributed by atoms with van der Waals surface area (Å²) in [5.41, 5.74) is -0.159. The number of fused-ring (bicyclic) bond motifs is 1. The van der Waals surface area contributed by atoms with Gasteiger partial charge in [0, 0.05) is 17.2 Å². The monoisotopic (exact) mass is 355 g/mol. The van der Waals surface area contributed by atoms with Crippen molar-refractivity contribution in [3.05, 3.63) is 28.7 Å². The predicted octanol–water partition coefficient (Wildman–Crippen LogP) is 4.05. The van der Waals surface area contributed by atoms with Crippen LogP contribution in [0.25, 0.3) is 0 Å². The summed E-state index contributed by atoms with van der Waals surface area (Å²) in [4.78, 5) is 12.3. The van der Waals surface area contributed by atoms with Crippen LogP contribution in [0.3, 0.4) is 0 Å². The van der Waals surface area contributed by atoms with Gasteiger partial charge in [0.25, 0.3) is 0 Å². The number of anilines is 1. The third-order valence-corrected chi connectivity index (χ3v) is 4.14. The molecular formula is C16H20F3N5O. The molecule has 0 radical (unpaired) electrons. The van der Waals surface area contributed by atoms with E-state index in [-0.39, 0.29) is 17.4 Å². The molecule has 2 heterocycles. The predicted molar refractivity (Wildman–Crippen MR) is 84.1 cm³/mol. The number of aromatic nitrogens is 4. The van der Waals surface area contributed by atoms with E-state index >= 15 is 0 Å². The van der Waals surface area contributed by atoms with E-state index in [9.17, 15) is 13.2 Å². The minimum atomic E-state index is -4.50. The molecule has 0 aliphatic heterocycles. The van der Waals surface area contributed by atoms with E-state index in [1.807, 2.05) is 13.8 Å². The number of alkyl halides is 3. The van der Waals surface area contributed by atoms with Gasteiger partial charge in [0.15, 0.2) is 11.5 Å². The lowest BCUT2D eigenvalue weighted by atomic mass is 9.94. The Bertz CT molecular complexity index is 757. The van der Waals surface area contributed by atoms with Crippen molar-refractivity contribution in [1.29, 1.82) is 0 Å². The van der Waals surface area contributed by atoms with Gasteiger partial charge in [0.05, 0.1) is 0 Å². The topological polar surface area (TPSA) is 76.7 Å². The first-order valence-electron chi connectivity index (χ1n) is 8.32. The van der Waals surface area contributed by atoms with Crippen LogP contribution in [-0.2, 0) is 19.0 Å². The minimum absolute atomic E-state index is 0.0650. The van der Waals surface area contributed by atoms with E-state index < -0.39 is 17.9 Å². The fraction of sp³-hybridized carbons (Fsp3) is 0.625. The van der Waals surface area contributed by atoms with Crippen molar-refractivity contribution in [2.45, 2.75) is 64.6 Å². The summed E-state index contributed by atoms with van der Waals surface area (Å²) in [7, 11) is 0. The maximum Gasteiger partial charge on any atom is 0.433 e. The molecule has 2 aromatic rings. The highest BCUT2D eigenvalue weighted by molar-refractivity contribution is 5.38. The van der Waals surface area contributed by atoms with Crippen LogP contribution in [0, 0.1) is 0 Å². The third-order valence-electron chi connectivity index (χ3n) is 4.14. The van der Waals surface area contributed by atoms with Crippen molar-refractivity contribution in [3.63, 3.8) is 0 Å². The van der Waals surface area contributed by atoms with E-state index in [1.54, 1.807) is 6.92 Å². The molecule has 0 bridgehead atoms. The molecule has 2 aromatic heterocycles. The van der Waals surface area contributed by atoms with Crippen molar-refractivity contribution < 1.29 is 17.7 Å². The molecule has 1 atom stereocenters. The van der Waals surface area contributed by atoms with Gasteiger partial charge in [0.1, 0.15) is 6.04 Å². The van der Waals surface area contributed by atoms with E-state index in [0.717, 1.165) is 12.8 Å². The highest BCUT2D eigenvalue weighted by Crippen LogP contribution is 2.35. The maximum atomic E-state index is 13.3. The lowest BCUT2D eigenvalue weighted by Gasteiger charge is -2.21. The number of hydrogen-bond donors (Lipinski definition) is 1. The van der Waals surface area contributed by atoms with Crippen molar-refractivity contribution >= 4 is 5.95 Å². The Labute approximate surface area is 143 Å². The molecule has 1 aliphatic carbocycles. The van der Waals surface area contributed by atoms with Crippen LogP contribution in [0.5, 0.6) is 0 Å².